The van der Waals surface area contributed by atoms with Gasteiger partial charge in [-0.15, -0.1) is 0 Å². The van der Waals surface area contributed by atoms with Crippen LogP contribution in [0.2, 0.25) is 0 Å². The van der Waals surface area contributed by atoms with Crippen molar-refractivity contribution in [2.45, 2.75) is 25.9 Å². The van der Waals surface area contributed by atoms with Crippen molar-refractivity contribution in [1.29, 1.82) is 0 Å². The Hall–Kier alpha value is -3.16. The number of likely N-dealkylation sites (tertiary alicyclic amines) is 1. The van der Waals surface area contributed by atoms with E-state index in [2.05, 4.69) is 10.3 Å². The minimum absolute atomic E-state index is 0.0261. The summed E-state index contributed by atoms with van der Waals surface area (Å²) in [6, 6.07) is 5.22. The first kappa shape index (κ1) is 18.2. The Morgan fingerprint density at radius 2 is 2.14 bits per heavy atom. The molecule has 0 saturated carbocycles. The van der Waals surface area contributed by atoms with Crippen LogP contribution in [-0.4, -0.2) is 57.2 Å². The quantitative estimate of drug-likeness (QED) is 0.848. The van der Waals surface area contributed by atoms with Crippen molar-refractivity contribution in [1.82, 2.24) is 24.5 Å². The molecule has 1 fully saturated rings. The SMILES string of the molecule is CN1C=CNC1C(=O)C1(C)CCCN(C(=O)c2cnc3ccccn3c2=O)C1. The summed E-state index contributed by atoms with van der Waals surface area (Å²) >= 11 is 0. The molecule has 8 heteroatoms. The molecule has 2 aliphatic heterocycles. The lowest BCUT2D eigenvalue weighted by atomic mass is 9.76. The topological polar surface area (TPSA) is 87.0 Å². The van der Waals surface area contributed by atoms with E-state index in [9.17, 15) is 14.4 Å². The fourth-order valence-electron chi connectivity index (χ4n) is 4.00. The number of likely N-dealkylation sites (N-methyl/N-ethyl adjacent to an activating group) is 1. The molecular formula is C20H23N5O3. The lowest BCUT2D eigenvalue weighted by molar-refractivity contribution is -0.135. The van der Waals surface area contributed by atoms with Crippen molar-refractivity contribution in [2.75, 3.05) is 20.1 Å². The molecule has 2 aromatic heterocycles. The number of rotatable bonds is 3. The van der Waals surface area contributed by atoms with Crippen LogP contribution >= 0.6 is 0 Å². The van der Waals surface area contributed by atoms with Crippen molar-refractivity contribution >= 4 is 17.3 Å². The molecule has 2 atom stereocenters. The van der Waals surface area contributed by atoms with Gasteiger partial charge < -0.3 is 15.1 Å². The van der Waals surface area contributed by atoms with E-state index in [1.54, 1.807) is 35.5 Å². The Morgan fingerprint density at radius 1 is 1.32 bits per heavy atom. The molecule has 8 nitrogen and oxygen atoms in total. The maximum atomic E-state index is 13.1. The van der Waals surface area contributed by atoms with Crippen LogP contribution in [-0.2, 0) is 4.79 Å². The Bertz CT molecular complexity index is 1030. The number of carbonyl (C=O) groups excluding carboxylic acids is 2. The summed E-state index contributed by atoms with van der Waals surface area (Å²) in [5, 5.41) is 3.06. The second kappa shape index (κ2) is 6.78. The number of Topliss-reactive ketones (excluding diaryl/α,β-unsaturated/α-hetero) is 1. The van der Waals surface area contributed by atoms with Gasteiger partial charge in [-0.3, -0.25) is 18.8 Å². The molecule has 28 heavy (non-hydrogen) atoms. The van der Waals surface area contributed by atoms with E-state index in [0.29, 0.717) is 25.0 Å². The van der Waals surface area contributed by atoms with Crippen LogP contribution in [0.3, 0.4) is 0 Å². The number of nitrogens with zero attached hydrogens (tertiary/aromatic N) is 4. The number of carbonyl (C=O) groups is 2. The first-order valence-electron chi connectivity index (χ1n) is 9.35. The highest BCUT2D eigenvalue weighted by Gasteiger charge is 2.44. The molecule has 0 radical (unpaired) electrons. The third kappa shape index (κ3) is 2.94. The van der Waals surface area contributed by atoms with Crippen molar-refractivity contribution < 1.29 is 9.59 Å². The first-order chi connectivity index (χ1) is 13.4. The molecule has 1 amide bonds. The highest BCUT2D eigenvalue weighted by Crippen LogP contribution is 2.33. The summed E-state index contributed by atoms with van der Waals surface area (Å²) in [6.45, 7) is 2.70. The van der Waals surface area contributed by atoms with Crippen molar-refractivity contribution in [2.24, 2.45) is 5.41 Å². The predicted octanol–water partition coefficient (Wildman–Crippen LogP) is 0.838. The molecule has 0 aliphatic carbocycles. The molecule has 1 N–H and O–H groups in total. The van der Waals surface area contributed by atoms with E-state index in [0.717, 1.165) is 0 Å². The van der Waals surface area contributed by atoms with Crippen LogP contribution in [0.15, 0.2) is 47.8 Å². The van der Waals surface area contributed by atoms with Gasteiger partial charge in [0, 0.05) is 50.3 Å². The van der Waals surface area contributed by atoms with Crippen molar-refractivity contribution in [3.8, 4) is 0 Å². The van der Waals surface area contributed by atoms with Crippen LogP contribution in [0, 0.1) is 5.41 Å². The number of aromatic nitrogens is 2. The summed E-state index contributed by atoms with van der Waals surface area (Å²) in [7, 11) is 1.84. The Kier molecular flexibility index (Phi) is 4.41. The first-order valence-corrected chi connectivity index (χ1v) is 9.35. The molecule has 0 spiro atoms. The van der Waals surface area contributed by atoms with Gasteiger partial charge in [0.25, 0.3) is 11.5 Å². The second-order valence-electron chi connectivity index (χ2n) is 7.71. The maximum Gasteiger partial charge on any atom is 0.270 e. The van der Waals surface area contributed by atoms with Gasteiger partial charge in [0.05, 0.1) is 0 Å². The van der Waals surface area contributed by atoms with Gasteiger partial charge in [-0.25, -0.2) is 4.98 Å². The zero-order chi connectivity index (χ0) is 19.9. The van der Waals surface area contributed by atoms with E-state index < -0.39 is 17.1 Å². The van der Waals surface area contributed by atoms with Gasteiger partial charge in [-0.2, -0.15) is 0 Å². The van der Waals surface area contributed by atoms with Crippen LogP contribution in [0.1, 0.15) is 30.1 Å². The third-order valence-electron chi connectivity index (χ3n) is 5.64. The van der Waals surface area contributed by atoms with Gasteiger partial charge in [0.1, 0.15) is 11.2 Å². The normalized spacial score (nSPS) is 24.4. The van der Waals surface area contributed by atoms with Crippen LogP contribution in [0.4, 0.5) is 0 Å². The number of piperidine rings is 1. The van der Waals surface area contributed by atoms with Gasteiger partial charge in [0.15, 0.2) is 11.9 Å². The smallest absolute Gasteiger partial charge is 0.270 e. The van der Waals surface area contributed by atoms with Gasteiger partial charge in [-0.1, -0.05) is 13.0 Å². The molecule has 0 bridgehead atoms. The molecule has 2 aromatic rings. The largest absolute Gasteiger partial charge is 0.364 e. The van der Waals surface area contributed by atoms with E-state index in [-0.39, 0.29) is 23.8 Å². The summed E-state index contributed by atoms with van der Waals surface area (Å²) in [4.78, 5) is 46.6. The summed E-state index contributed by atoms with van der Waals surface area (Å²) < 4.78 is 1.37. The molecule has 4 heterocycles. The Morgan fingerprint density at radius 3 is 2.89 bits per heavy atom. The highest BCUT2D eigenvalue weighted by atomic mass is 16.2. The van der Waals surface area contributed by atoms with Crippen LogP contribution in [0.5, 0.6) is 0 Å². The van der Waals surface area contributed by atoms with E-state index in [1.165, 1.54) is 10.6 Å². The fourth-order valence-corrected chi connectivity index (χ4v) is 4.00. The summed E-state index contributed by atoms with van der Waals surface area (Å²) in [5.41, 5.74) is -0.550. The summed E-state index contributed by atoms with van der Waals surface area (Å²) in [5.74, 6) is -0.328. The maximum absolute atomic E-state index is 13.1. The average molecular weight is 381 g/mol. The Balaban J connectivity index is 1.59. The zero-order valence-corrected chi connectivity index (χ0v) is 16.0. The van der Waals surface area contributed by atoms with E-state index in [1.807, 2.05) is 25.1 Å². The number of pyridine rings is 1. The predicted molar refractivity (Wildman–Crippen MR) is 104 cm³/mol. The van der Waals surface area contributed by atoms with Crippen molar-refractivity contribution in [3.05, 3.63) is 58.9 Å². The standard InChI is InChI=1S/C20H23N5O3/c1-20(16(26)17-21-8-11-23(17)2)7-5-9-24(13-20)18(27)14-12-22-15-6-3-4-10-25(15)19(14)28/h3-4,6,8,10-12,17,21H,5,7,9,13H2,1-2H3. The monoisotopic (exact) mass is 381 g/mol. The number of nitrogens with one attached hydrogen (secondary N) is 1. The summed E-state index contributed by atoms with van der Waals surface area (Å²) in [6.07, 6.45) is 7.49. The molecule has 1 saturated heterocycles. The number of amides is 1. The molecule has 4 rings (SSSR count). The lowest BCUT2D eigenvalue weighted by Crippen LogP contribution is -2.55. The number of hydrogen-bond donors (Lipinski definition) is 1. The average Bonchev–Trinajstić information content (AvgIpc) is 3.13. The highest BCUT2D eigenvalue weighted by molar-refractivity contribution is 5.95. The number of fused-ring (bicyclic) bond motifs is 1. The minimum Gasteiger partial charge on any atom is -0.364 e. The molecule has 146 valence electrons. The lowest BCUT2D eigenvalue weighted by Gasteiger charge is -2.41. The van der Waals surface area contributed by atoms with Crippen LogP contribution in [0.25, 0.3) is 5.65 Å². The van der Waals surface area contributed by atoms with Gasteiger partial charge in [-0.05, 0) is 25.0 Å². The minimum atomic E-state index is -0.674. The fraction of sp³-hybridized carbons (Fsp3) is 0.400. The Labute approximate surface area is 162 Å². The third-order valence-corrected chi connectivity index (χ3v) is 5.64. The van der Waals surface area contributed by atoms with Crippen LogP contribution < -0.4 is 10.9 Å². The molecule has 0 aromatic carbocycles. The molecular weight excluding hydrogens is 358 g/mol. The zero-order valence-electron chi connectivity index (χ0n) is 16.0. The number of hydrogen-bond acceptors (Lipinski definition) is 6. The van der Waals surface area contributed by atoms with Gasteiger partial charge in [0.2, 0.25) is 0 Å². The molecule has 2 aliphatic rings. The van der Waals surface area contributed by atoms with Gasteiger partial charge >= 0.3 is 0 Å². The second-order valence-corrected chi connectivity index (χ2v) is 7.71. The van der Waals surface area contributed by atoms with E-state index >= 15 is 0 Å². The molecule has 2 unspecified atom stereocenters. The van der Waals surface area contributed by atoms with E-state index in [4.69, 9.17) is 0 Å². The number of ketones is 1. The van der Waals surface area contributed by atoms with Crippen molar-refractivity contribution in [3.63, 3.8) is 0 Å².